The predicted octanol–water partition coefficient (Wildman–Crippen LogP) is 2.49. The number of nitrogens with zero attached hydrogens (tertiary/aromatic N) is 2. The Morgan fingerprint density at radius 3 is 2.37 bits per heavy atom. The van der Waals surface area contributed by atoms with Gasteiger partial charge in [-0.25, -0.2) is 0 Å². The molecule has 0 bridgehead atoms. The average molecular weight is 386 g/mol. The Morgan fingerprint density at radius 1 is 1.04 bits per heavy atom. The molecule has 2 heterocycles. The van der Waals surface area contributed by atoms with Crippen LogP contribution in [0.25, 0.3) is 0 Å². The summed E-state index contributed by atoms with van der Waals surface area (Å²) in [6.45, 7) is 7.70. The van der Waals surface area contributed by atoms with Crippen molar-refractivity contribution >= 4 is 23.2 Å². The fourth-order valence-electron chi connectivity index (χ4n) is 3.34. The topological polar surface area (TPSA) is 52.7 Å². The zero-order chi connectivity index (χ0) is 19.3. The van der Waals surface area contributed by atoms with Gasteiger partial charge in [-0.1, -0.05) is 36.4 Å². The van der Waals surface area contributed by atoms with Crippen LogP contribution in [0.2, 0.25) is 0 Å². The van der Waals surface area contributed by atoms with E-state index in [2.05, 4.69) is 10.2 Å². The van der Waals surface area contributed by atoms with Gasteiger partial charge in [0.15, 0.2) is 0 Å². The van der Waals surface area contributed by atoms with Crippen molar-refractivity contribution in [2.45, 2.75) is 25.8 Å². The molecule has 0 radical (unpaired) electrons. The number of nitrogens with one attached hydrogen (secondary N) is 1. The van der Waals surface area contributed by atoms with Gasteiger partial charge in [0.2, 0.25) is 11.8 Å². The molecule has 144 valence electrons. The summed E-state index contributed by atoms with van der Waals surface area (Å²) in [4.78, 5) is 30.3. The molecular weight excluding hydrogens is 358 g/mol. The molecule has 0 aliphatic carbocycles. The summed E-state index contributed by atoms with van der Waals surface area (Å²) in [6, 6.07) is 13.9. The number of benzene rings is 1. The molecule has 0 spiro atoms. The van der Waals surface area contributed by atoms with Gasteiger partial charge in [-0.15, -0.1) is 11.3 Å². The highest BCUT2D eigenvalue weighted by atomic mass is 32.1. The van der Waals surface area contributed by atoms with Crippen molar-refractivity contribution in [3.8, 4) is 0 Å². The van der Waals surface area contributed by atoms with E-state index in [0.717, 1.165) is 23.5 Å². The molecule has 0 unspecified atom stereocenters. The van der Waals surface area contributed by atoms with Crippen molar-refractivity contribution in [1.82, 2.24) is 15.1 Å². The van der Waals surface area contributed by atoms with Crippen LogP contribution in [0.4, 0.5) is 0 Å². The van der Waals surface area contributed by atoms with E-state index < -0.39 is 5.41 Å². The van der Waals surface area contributed by atoms with Crippen LogP contribution in [0.1, 0.15) is 24.3 Å². The van der Waals surface area contributed by atoms with Gasteiger partial charge in [-0.2, -0.15) is 0 Å². The Labute approximate surface area is 165 Å². The van der Waals surface area contributed by atoms with Crippen molar-refractivity contribution in [2.75, 3.05) is 32.7 Å². The van der Waals surface area contributed by atoms with Gasteiger partial charge >= 0.3 is 0 Å². The van der Waals surface area contributed by atoms with Gasteiger partial charge in [0.05, 0.1) is 18.5 Å². The number of hydrogen-bond acceptors (Lipinski definition) is 4. The molecule has 27 heavy (non-hydrogen) atoms. The minimum Gasteiger partial charge on any atom is -0.350 e. The number of carbonyl (C=O) groups is 2. The minimum atomic E-state index is -0.540. The molecule has 1 aliphatic rings. The first-order valence-corrected chi connectivity index (χ1v) is 10.2. The first-order chi connectivity index (χ1) is 13.0. The maximum absolute atomic E-state index is 13.0. The number of thiophene rings is 1. The summed E-state index contributed by atoms with van der Waals surface area (Å²) in [6.07, 6.45) is 0. The molecular formula is C21H27N3O2S. The molecule has 0 saturated carbocycles. The second-order valence-corrected chi connectivity index (χ2v) is 8.45. The van der Waals surface area contributed by atoms with Gasteiger partial charge in [-0.05, 0) is 30.9 Å². The van der Waals surface area contributed by atoms with Gasteiger partial charge < -0.3 is 10.2 Å². The van der Waals surface area contributed by atoms with Crippen molar-refractivity contribution in [3.63, 3.8) is 0 Å². The lowest BCUT2D eigenvalue weighted by Gasteiger charge is -2.38. The molecule has 1 N–H and O–H groups in total. The number of amides is 2. The van der Waals surface area contributed by atoms with Crippen molar-refractivity contribution in [2.24, 2.45) is 0 Å². The van der Waals surface area contributed by atoms with Gasteiger partial charge in [0.1, 0.15) is 0 Å². The Balaban J connectivity index is 1.47. The molecule has 1 saturated heterocycles. The van der Waals surface area contributed by atoms with Crippen LogP contribution in [0, 0.1) is 0 Å². The number of rotatable bonds is 6. The van der Waals surface area contributed by atoms with E-state index in [-0.39, 0.29) is 11.8 Å². The van der Waals surface area contributed by atoms with E-state index in [0.29, 0.717) is 26.2 Å². The summed E-state index contributed by atoms with van der Waals surface area (Å²) in [5, 5.41) is 4.97. The molecule has 1 fully saturated rings. The number of hydrogen-bond donors (Lipinski definition) is 1. The standard InChI is InChI=1S/C21H27N3O2S/c1-21(2,17-7-4-3-5-8-17)20(26)24-12-10-23(11-13-24)16-19(25)22-15-18-9-6-14-27-18/h3-9,14H,10-13,15-16H2,1-2H3,(H,22,25). The van der Waals surface area contributed by atoms with E-state index in [1.807, 2.05) is 66.6 Å². The van der Waals surface area contributed by atoms with E-state index in [1.165, 1.54) is 0 Å². The highest BCUT2D eigenvalue weighted by molar-refractivity contribution is 7.09. The SMILES string of the molecule is CC(C)(C(=O)N1CCN(CC(=O)NCc2cccs2)CC1)c1ccccc1. The largest absolute Gasteiger partial charge is 0.350 e. The monoisotopic (exact) mass is 385 g/mol. The smallest absolute Gasteiger partial charge is 0.234 e. The zero-order valence-corrected chi connectivity index (χ0v) is 16.8. The van der Waals surface area contributed by atoms with Crippen LogP contribution in [0.3, 0.4) is 0 Å². The second kappa shape index (κ2) is 8.67. The molecule has 2 amide bonds. The molecule has 1 aromatic heterocycles. The quantitative estimate of drug-likeness (QED) is 0.831. The van der Waals surface area contributed by atoms with Crippen molar-refractivity contribution < 1.29 is 9.59 Å². The van der Waals surface area contributed by atoms with Gasteiger partial charge in [-0.3, -0.25) is 14.5 Å². The molecule has 1 aromatic carbocycles. The summed E-state index contributed by atoms with van der Waals surface area (Å²) in [7, 11) is 0. The lowest BCUT2D eigenvalue weighted by atomic mass is 9.83. The van der Waals surface area contributed by atoms with Crippen molar-refractivity contribution in [1.29, 1.82) is 0 Å². The molecule has 2 aromatic rings. The van der Waals surface area contributed by atoms with Crippen LogP contribution in [-0.4, -0.2) is 54.3 Å². The van der Waals surface area contributed by atoms with Crippen LogP contribution < -0.4 is 5.32 Å². The third-order valence-electron chi connectivity index (χ3n) is 5.10. The Kier molecular flexibility index (Phi) is 6.29. The van der Waals surface area contributed by atoms with E-state index in [1.54, 1.807) is 11.3 Å². The van der Waals surface area contributed by atoms with E-state index in [4.69, 9.17) is 0 Å². The Morgan fingerprint density at radius 2 is 1.74 bits per heavy atom. The first kappa shape index (κ1) is 19.6. The normalized spacial score (nSPS) is 15.6. The van der Waals surface area contributed by atoms with Gasteiger partial charge in [0, 0.05) is 31.1 Å². The lowest BCUT2D eigenvalue weighted by Crippen LogP contribution is -2.54. The van der Waals surface area contributed by atoms with Crippen LogP contribution >= 0.6 is 11.3 Å². The molecule has 1 aliphatic heterocycles. The maximum Gasteiger partial charge on any atom is 0.234 e. The van der Waals surface area contributed by atoms with E-state index >= 15 is 0 Å². The first-order valence-electron chi connectivity index (χ1n) is 9.33. The third kappa shape index (κ3) is 4.96. The summed E-state index contributed by atoms with van der Waals surface area (Å²) in [5.74, 6) is 0.184. The fraction of sp³-hybridized carbons (Fsp3) is 0.429. The highest BCUT2D eigenvalue weighted by Crippen LogP contribution is 2.26. The van der Waals surface area contributed by atoms with Crippen LogP contribution in [0.15, 0.2) is 47.8 Å². The fourth-order valence-corrected chi connectivity index (χ4v) is 3.99. The third-order valence-corrected chi connectivity index (χ3v) is 5.97. The van der Waals surface area contributed by atoms with Gasteiger partial charge in [0.25, 0.3) is 0 Å². The summed E-state index contributed by atoms with van der Waals surface area (Å²) in [5.41, 5.74) is 0.493. The zero-order valence-electron chi connectivity index (χ0n) is 16.0. The van der Waals surface area contributed by atoms with Crippen molar-refractivity contribution in [3.05, 3.63) is 58.3 Å². The highest BCUT2D eigenvalue weighted by Gasteiger charge is 2.35. The Hall–Kier alpha value is -2.18. The molecule has 6 heteroatoms. The number of carbonyl (C=O) groups excluding carboxylic acids is 2. The Bertz CT molecular complexity index is 751. The van der Waals surface area contributed by atoms with Crippen LogP contribution in [-0.2, 0) is 21.5 Å². The molecule has 0 atom stereocenters. The maximum atomic E-state index is 13.0. The lowest BCUT2D eigenvalue weighted by molar-refractivity contribution is -0.138. The van der Waals surface area contributed by atoms with E-state index in [9.17, 15) is 9.59 Å². The molecule has 5 nitrogen and oxygen atoms in total. The second-order valence-electron chi connectivity index (χ2n) is 7.42. The summed E-state index contributed by atoms with van der Waals surface area (Å²) >= 11 is 1.64. The average Bonchev–Trinajstić information content (AvgIpc) is 3.21. The number of piperazine rings is 1. The minimum absolute atomic E-state index is 0.0350. The van der Waals surface area contributed by atoms with Crippen LogP contribution in [0.5, 0.6) is 0 Å². The predicted molar refractivity (Wildman–Crippen MR) is 109 cm³/mol. The molecule has 3 rings (SSSR count). The summed E-state index contributed by atoms with van der Waals surface area (Å²) < 4.78 is 0.